The number of benzene rings is 1. The molecule has 0 radical (unpaired) electrons. The summed E-state index contributed by atoms with van der Waals surface area (Å²) in [6.45, 7) is 15.7. The minimum absolute atomic E-state index is 0.0619. The average Bonchev–Trinajstić information content (AvgIpc) is 2.97. The van der Waals surface area contributed by atoms with E-state index < -0.39 is 40.2 Å². The number of aromatic hydroxyl groups is 1. The van der Waals surface area contributed by atoms with Crippen LogP contribution in [0, 0.1) is 17.8 Å². The molecule has 200 valence electrons. The number of carbonyl (C=O) groups is 2. The number of ketones is 2. The molecule has 3 saturated carbocycles. The Bertz CT molecular complexity index is 1240. The summed E-state index contributed by atoms with van der Waals surface area (Å²) in [5.41, 5.74) is -2.43. The first kappa shape index (κ1) is 26.0. The lowest BCUT2D eigenvalue weighted by molar-refractivity contribution is -0.224. The van der Waals surface area contributed by atoms with E-state index >= 15 is 0 Å². The number of hydrogen-bond acceptors (Lipinski definition) is 7. The van der Waals surface area contributed by atoms with Gasteiger partial charge in [-0.15, -0.1) is 6.58 Å². The van der Waals surface area contributed by atoms with Crippen molar-refractivity contribution in [1.29, 1.82) is 0 Å². The minimum atomic E-state index is -1.37. The van der Waals surface area contributed by atoms with Gasteiger partial charge in [0.1, 0.15) is 22.8 Å². The predicted molar refractivity (Wildman–Crippen MR) is 138 cm³/mol. The summed E-state index contributed by atoms with van der Waals surface area (Å²) < 4.78 is 25.4. The molecule has 4 fully saturated rings. The van der Waals surface area contributed by atoms with Gasteiger partial charge in [-0.3, -0.25) is 9.59 Å². The smallest absolute Gasteiger partial charge is 0.180 e. The largest absolute Gasteiger partial charge is 0.507 e. The standard InChI is InChI=1S/C30H38O7/c1-10-27(4,5)21-17(31)14-18(34-8)20-23(32)22-24(35-9)16-13-19-28(6,7)37-29(26(16)33,12-11-15(2)3)30(19,22)36-25(20)21/h10-11,14,16,19,22,24,31H,1,12-13H2,2-9H3/t16-,19-,22-,24+,29-,30-/m0/s1. The molecule has 3 aliphatic carbocycles. The van der Waals surface area contributed by atoms with Gasteiger partial charge in [0.15, 0.2) is 22.8 Å². The maximum Gasteiger partial charge on any atom is 0.180 e. The fraction of sp³-hybridized carbons (Fsp3) is 0.600. The molecule has 1 N–H and O–H groups in total. The van der Waals surface area contributed by atoms with Crippen LogP contribution in [0.4, 0.5) is 0 Å². The number of fused-ring (bicyclic) bond motifs is 1. The monoisotopic (exact) mass is 510 g/mol. The molecule has 2 aliphatic heterocycles. The zero-order valence-corrected chi connectivity index (χ0v) is 23.1. The Hall–Kier alpha value is -2.64. The summed E-state index contributed by atoms with van der Waals surface area (Å²) in [5, 5.41) is 11.2. The number of hydrogen-bond donors (Lipinski definition) is 1. The minimum Gasteiger partial charge on any atom is -0.507 e. The first-order chi connectivity index (χ1) is 17.2. The van der Waals surface area contributed by atoms with Gasteiger partial charge in [0, 0.05) is 42.4 Å². The van der Waals surface area contributed by atoms with E-state index in [-0.39, 0.29) is 46.7 Å². The van der Waals surface area contributed by atoms with Crippen molar-refractivity contribution < 1.29 is 33.6 Å². The number of carbonyl (C=O) groups excluding carboxylic acids is 2. The lowest BCUT2D eigenvalue weighted by Crippen LogP contribution is -2.80. The number of allylic oxidation sites excluding steroid dienone is 2. The van der Waals surface area contributed by atoms with Crippen molar-refractivity contribution in [2.45, 2.75) is 82.7 Å². The molecule has 5 aliphatic rings. The zero-order valence-electron chi connectivity index (χ0n) is 23.1. The topological polar surface area (TPSA) is 91.3 Å². The highest BCUT2D eigenvalue weighted by atomic mass is 16.6. The molecule has 6 rings (SSSR count). The average molecular weight is 511 g/mol. The Morgan fingerprint density at radius 1 is 1.27 bits per heavy atom. The molecule has 1 aromatic rings. The summed E-state index contributed by atoms with van der Waals surface area (Å²) in [6.07, 6.45) is 3.83. The summed E-state index contributed by atoms with van der Waals surface area (Å²) in [4.78, 5) is 29.0. The molecule has 6 atom stereocenters. The SMILES string of the molecule is C=CC(C)(C)c1c(O)cc(OC)c2c1O[C@]13[C@@H](C2=O)[C@H](OC)[C@@H]2C[C@H]1C(C)(C)O[C@@]3(CC=C(C)C)C2=O. The van der Waals surface area contributed by atoms with Crippen LogP contribution in [-0.2, 0) is 19.7 Å². The number of Topliss-reactive ketones (excluding diaryl/α,β-unsaturated/α-hetero) is 2. The zero-order chi connectivity index (χ0) is 27.3. The second-order valence-corrected chi connectivity index (χ2v) is 12.3. The maximum atomic E-state index is 14.7. The molecule has 37 heavy (non-hydrogen) atoms. The fourth-order valence-corrected chi connectivity index (χ4v) is 7.67. The van der Waals surface area contributed by atoms with Gasteiger partial charge in [-0.1, -0.05) is 31.6 Å². The van der Waals surface area contributed by atoms with Crippen LogP contribution < -0.4 is 9.47 Å². The third-order valence-electron chi connectivity index (χ3n) is 9.31. The highest BCUT2D eigenvalue weighted by molar-refractivity contribution is 6.09. The van der Waals surface area contributed by atoms with E-state index in [4.69, 9.17) is 18.9 Å². The van der Waals surface area contributed by atoms with Crippen LogP contribution in [0.5, 0.6) is 17.2 Å². The van der Waals surface area contributed by atoms with Crippen LogP contribution in [0.1, 0.15) is 70.3 Å². The number of phenolic OH excluding ortho intramolecular Hbond substituents is 1. The predicted octanol–water partition coefficient (Wildman–Crippen LogP) is 4.93. The first-order valence-electron chi connectivity index (χ1n) is 13.0. The summed E-state index contributed by atoms with van der Waals surface area (Å²) >= 11 is 0. The lowest BCUT2D eigenvalue weighted by Gasteiger charge is -2.62. The van der Waals surface area contributed by atoms with Crippen molar-refractivity contribution >= 4 is 11.6 Å². The van der Waals surface area contributed by atoms with Gasteiger partial charge in [-0.2, -0.15) is 0 Å². The molecule has 0 amide bonds. The normalized spacial score (nSPS) is 34.9. The van der Waals surface area contributed by atoms with Crippen LogP contribution in [0.3, 0.4) is 0 Å². The lowest BCUT2D eigenvalue weighted by atomic mass is 9.45. The van der Waals surface area contributed by atoms with Gasteiger partial charge < -0.3 is 24.1 Å². The van der Waals surface area contributed by atoms with Gasteiger partial charge in [-0.05, 0) is 34.1 Å². The summed E-state index contributed by atoms with van der Waals surface area (Å²) in [5.74, 6) is -1.42. The Morgan fingerprint density at radius 3 is 2.51 bits per heavy atom. The van der Waals surface area contributed by atoms with Crippen molar-refractivity contribution in [2.75, 3.05) is 14.2 Å². The van der Waals surface area contributed by atoms with E-state index in [1.165, 1.54) is 13.2 Å². The van der Waals surface area contributed by atoms with Crippen LogP contribution >= 0.6 is 0 Å². The van der Waals surface area contributed by atoms with Crippen molar-refractivity contribution in [1.82, 2.24) is 0 Å². The molecule has 1 spiro atoms. The number of methoxy groups -OCH3 is 2. The van der Waals surface area contributed by atoms with E-state index in [1.54, 1.807) is 13.2 Å². The van der Waals surface area contributed by atoms with E-state index in [2.05, 4.69) is 6.58 Å². The molecular weight excluding hydrogens is 472 g/mol. The van der Waals surface area contributed by atoms with Crippen LogP contribution in [-0.4, -0.2) is 53.8 Å². The maximum absolute atomic E-state index is 14.7. The van der Waals surface area contributed by atoms with Crippen LogP contribution in [0.2, 0.25) is 0 Å². The van der Waals surface area contributed by atoms with Gasteiger partial charge in [0.2, 0.25) is 0 Å². The molecule has 1 aromatic carbocycles. The van der Waals surface area contributed by atoms with Crippen molar-refractivity contribution in [2.24, 2.45) is 17.8 Å². The number of phenols is 1. The van der Waals surface area contributed by atoms with Gasteiger partial charge in [0.05, 0.1) is 24.7 Å². The molecule has 0 unspecified atom stereocenters. The quantitative estimate of drug-likeness (QED) is 0.543. The molecule has 7 heteroatoms. The molecular formula is C30H38O7. The summed E-state index contributed by atoms with van der Waals surface area (Å²) in [7, 11) is 3.01. The Labute approximate surface area is 218 Å². The van der Waals surface area contributed by atoms with E-state index in [0.717, 1.165) is 5.57 Å². The number of ether oxygens (including phenoxy) is 4. The Balaban J connectivity index is 1.90. The molecule has 2 heterocycles. The molecule has 1 saturated heterocycles. The van der Waals surface area contributed by atoms with E-state index in [1.807, 2.05) is 47.6 Å². The highest BCUT2D eigenvalue weighted by Crippen LogP contribution is 2.70. The van der Waals surface area contributed by atoms with Crippen LogP contribution in [0.25, 0.3) is 0 Å². The molecule has 0 aromatic heterocycles. The van der Waals surface area contributed by atoms with Crippen molar-refractivity contribution in [3.05, 3.63) is 41.5 Å². The third kappa shape index (κ3) is 3.01. The molecule has 7 nitrogen and oxygen atoms in total. The van der Waals surface area contributed by atoms with Crippen LogP contribution in [0.15, 0.2) is 30.4 Å². The number of rotatable bonds is 6. The second kappa shape index (κ2) is 7.93. The van der Waals surface area contributed by atoms with E-state index in [0.29, 0.717) is 12.0 Å². The Kier molecular flexibility index (Phi) is 5.57. The fourth-order valence-electron chi connectivity index (χ4n) is 7.67. The van der Waals surface area contributed by atoms with Crippen molar-refractivity contribution in [3.8, 4) is 17.2 Å². The highest BCUT2D eigenvalue weighted by Gasteiger charge is 2.85. The van der Waals surface area contributed by atoms with E-state index in [9.17, 15) is 14.7 Å². The van der Waals surface area contributed by atoms with Gasteiger partial charge in [0.25, 0.3) is 0 Å². The second-order valence-electron chi connectivity index (χ2n) is 12.3. The Morgan fingerprint density at radius 2 is 1.95 bits per heavy atom. The first-order valence-corrected chi connectivity index (χ1v) is 13.0. The molecule has 4 bridgehead atoms. The third-order valence-corrected chi connectivity index (χ3v) is 9.31. The van der Waals surface area contributed by atoms with Gasteiger partial charge >= 0.3 is 0 Å². The van der Waals surface area contributed by atoms with Crippen molar-refractivity contribution in [3.63, 3.8) is 0 Å². The van der Waals surface area contributed by atoms with Gasteiger partial charge in [-0.25, -0.2) is 0 Å². The summed E-state index contributed by atoms with van der Waals surface area (Å²) in [6, 6.07) is 1.46.